The monoisotopic (exact) mass is 387 g/mol. The van der Waals surface area contributed by atoms with Gasteiger partial charge in [-0.1, -0.05) is 56.6 Å². The van der Waals surface area contributed by atoms with Gasteiger partial charge in [0.1, 0.15) is 11.5 Å². The number of methoxy groups -OCH3 is 2. The Hall–Kier alpha value is -2.20. The Balaban J connectivity index is 1.70. The van der Waals surface area contributed by atoms with E-state index in [0.717, 1.165) is 6.42 Å². The van der Waals surface area contributed by atoms with Crippen molar-refractivity contribution < 1.29 is 14.3 Å². The van der Waals surface area contributed by atoms with Gasteiger partial charge >= 0.3 is 0 Å². The predicted molar refractivity (Wildman–Crippen MR) is 109 cm³/mol. The van der Waals surface area contributed by atoms with E-state index < -0.39 is 0 Å². The minimum absolute atomic E-state index is 0.0144. The number of halogens is 1. The number of anilines is 1. The molecule has 0 aliphatic heterocycles. The maximum absolute atomic E-state index is 12.7. The van der Waals surface area contributed by atoms with Crippen molar-refractivity contribution in [3.05, 3.63) is 52.5 Å². The summed E-state index contributed by atoms with van der Waals surface area (Å²) < 4.78 is 10.5. The lowest BCUT2D eigenvalue weighted by Gasteiger charge is -2.19. The molecule has 4 nitrogen and oxygen atoms in total. The third-order valence-corrected chi connectivity index (χ3v) is 5.36. The van der Waals surface area contributed by atoms with Crippen LogP contribution < -0.4 is 14.8 Å². The van der Waals surface area contributed by atoms with Gasteiger partial charge in [-0.05, 0) is 34.9 Å². The summed E-state index contributed by atoms with van der Waals surface area (Å²) in [4.78, 5) is 12.7. The van der Waals surface area contributed by atoms with E-state index >= 15 is 0 Å². The molecule has 1 N–H and O–H groups in total. The van der Waals surface area contributed by atoms with Gasteiger partial charge in [0.05, 0.1) is 24.9 Å². The van der Waals surface area contributed by atoms with E-state index in [9.17, 15) is 4.79 Å². The molecule has 0 unspecified atom stereocenters. The highest BCUT2D eigenvalue weighted by Gasteiger charge is 2.44. The first-order chi connectivity index (χ1) is 12.7. The Bertz CT molecular complexity index is 840. The summed E-state index contributed by atoms with van der Waals surface area (Å²) in [5.74, 6) is 1.25. The molecular formula is C22H26ClNO3. The molecule has 2 aromatic carbocycles. The Morgan fingerprint density at radius 1 is 1.07 bits per heavy atom. The molecule has 1 fully saturated rings. The van der Waals surface area contributed by atoms with Gasteiger partial charge in [0.15, 0.2) is 0 Å². The first kappa shape index (κ1) is 19.6. The zero-order valence-corrected chi connectivity index (χ0v) is 17.2. The molecule has 5 heteroatoms. The molecular weight excluding hydrogens is 362 g/mol. The van der Waals surface area contributed by atoms with Crippen LogP contribution in [0.3, 0.4) is 0 Å². The van der Waals surface area contributed by atoms with Gasteiger partial charge < -0.3 is 14.8 Å². The summed E-state index contributed by atoms with van der Waals surface area (Å²) in [6.45, 7) is 6.59. The molecule has 2 aromatic rings. The van der Waals surface area contributed by atoms with E-state index in [2.05, 4.69) is 50.4 Å². The summed E-state index contributed by atoms with van der Waals surface area (Å²) in [6, 6.07) is 11.9. The van der Waals surface area contributed by atoms with Gasteiger partial charge in [0.25, 0.3) is 0 Å². The van der Waals surface area contributed by atoms with Crippen LogP contribution in [0.2, 0.25) is 5.02 Å². The smallest absolute Gasteiger partial charge is 0.228 e. The average Bonchev–Trinajstić information content (AvgIpc) is 3.42. The second-order valence-corrected chi connectivity index (χ2v) is 8.40. The van der Waals surface area contributed by atoms with Crippen molar-refractivity contribution in [2.45, 2.75) is 38.5 Å². The Labute approximate surface area is 165 Å². The lowest BCUT2D eigenvalue weighted by atomic mass is 9.86. The zero-order valence-electron chi connectivity index (χ0n) is 16.4. The summed E-state index contributed by atoms with van der Waals surface area (Å²) >= 11 is 6.18. The maximum Gasteiger partial charge on any atom is 0.228 e. The molecule has 2 atom stereocenters. The van der Waals surface area contributed by atoms with Crippen molar-refractivity contribution in [2.24, 2.45) is 5.92 Å². The molecule has 144 valence electrons. The van der Waals surface area contributed by atoms with Crippen molar-refractivity contribution in [1.82, 2.24) is 0 Å². The summed E-state index contributed by atoms with van der Waals surface area (Å²) in [7, 11) is 3.09. The zero-order chi connectivity index (χ0) is 19.8. The Kier molecular flexibility index (Phi) is 5.38. The first-order valence-corrected chi connectivity index (χ1v) is 9.45. The SMILES string of the molecule is COc1cc(OC)c(NC(=O)[C@H]2C[C@H]2c2ccc(C(C)(C)C)cc2)cc1Cl. The normalized spacial score (nSPS) is 18.7. The fraction of sp³-hybridized carbons (Fsp3) is 0.409. The van der Waals surface area contributed by atoms with E-state index in [-0.39, 0.29) is 23.2 Å². The summed E-state index contributed by atoms with van der Waals surface area (Å²) in [6.07, 6.45) is 0.854. The van der Waals surface area contributed by atoms with Crippen LogP contribution in [-0.2, 0) is 10.2 Å². The van der Waals surface area contributed by atoms with Crippen LogP contribution in [0.4, 0.5) is 5.69 Å². The van der Waals surface area contributed by atoms with Gasteiger partial charge in [0.2, 0.25) is 5.91 Å². The lowest BCUT2D eigenvalue weighted by Crippen LogP contribution is -2.15. The van der Waals surface area contributed by atoms with Crippen LogP contribution in [0.1, 0.15) is 44.2 Å². The molecule has 3 rings (SSSR count). The van der Waals surface area contributed by atoms with Crippen molar-refractivity contribution in [3.8, 4) is 11.5 Å². The average molecular weight is 388 g/mol. The second kappa shape index (κ2) is 7.43. The molecule has 0 aromatic heterocycles. The number of carbonyl (C=O) groups is 1. The Morgan fingerprint density at radius 3 is 2.26 bits per heavy atom. The van der Waals surface area contributed by atoms with Gasteiger partial charge in [0, 0.05) is 12.0 Å². The number of benzene rings is 2. The van der Waals surface area contributed by atoms with Crippen molar-refractivity contribution in [2.75, 3.05) is 19.5 Å². The second-order valence-electron chi connectivity index (χ2n) is 8.00. The fourth-order valence-corrected chi connectivity index (χ4v) is 3.51. The highest BCUT2D eigenvalue weighted by atomic mass is 35.5. The summed E-state index contributed by atoms with van der Waals surface area (Å²) in [5, 5.41) is 3.38. The van der Waals surface area contributed by atoms with Gasteiger partial charge in [-0.2, -0.15) is 0 Å². The van der Waals surface area contributed by atoms with Gasteiger partial charge in [-0.15, -0.1) is 0 Å². The van der Waals surface area contributed by atoms with Crippen molar-refractivity contribution >= 4 is 23.2 Å². The number of hydrogen-bond donors (Lipinski definition) is 1. The van der Waals surface area contributed by atoms with E-state index in [0.29, 0.717) is 22.2 Å². The highest BCUT2D eigenvalue weighted by Crippen LogP contribution is 2.48. The molecule has 0 bridgehead atoms. The molecule has 0 saturated heterocycles. The molecule has 1 aliphatic rings. The van der Waals surface area contributed by atoms with Crippen LogP contribution in [-0.4, -0.2) is 20.1 Å². The third-order valence-electron chi connectivity index (χ3n) is 5.06. The van der Waals surface area contributed by atoms with Crippen molar-refractivity contribution in [3.63, 3.8) is 0 Å². The molecule has 27 heavy (non-hydrogen) atoms. The molecule has 1 amide bonds. The van der Waals surface area contributed by atoms with Crippen LogP contribution in [0.25, 0.3) is 0 Å². The fourth-order valence-electron chi connectivity index (χ4n) is 3.27. The number of nitrogens with one attached hydrogen (secondary N) is 1. The Morgan fingerprint density at radius 2 is 1.70 bits per heavy atom. The molecule has 1 aliphatic carbocycles. The van der Waals surface area contributed by atoms with Crippen LogP contribution >= 0.6 is 11.6 Å². The predicted octanol–water partition coefficient (Wildman–Crippen LogP) is 5.40. The van der Waals surface area contributed by atoms with E-state index in [1.165, 1.54) is 11.1 Å². The number of carbonyl (C=O) groups excluding carboxylic acids is 1. The number of hydrogen-bond acceptors (Lipinski definition) is 3. The highest BCUT2D eigenvalue weighted by molar-refractivity contribution is 6.32. The van der Waals surface area contributed by atoms with Gasteiger partial charge in [-0.25, -0.2) is 0 Å². The van der Waals surface area contributed by atoms with E-state index in [4.69, 9.17) is 21.1 Å². The first-order valence-electron chi connectivity index (χ1n) is 9.07. The molecule has 0 heterocycles. The molecule has 1 saturated carbocycles. The van der Waals surface area contributed by atoms with Crippen LogP contribution in [0.5, 0.6) is 11.5 Å². The summed E-state index contributed by atoms with van der Waals surface area (Å²) in [5.41, 5.74) is 3.19. The number of amides is 1. The van der Waals surface area contributed by atoms with Crippen molar-refractivity contribution in [1.29, 1.82) is 0 Å². The quantitative estimate of drug-likeness (QED) is 0.747. The largest absolute Gasteiger partial charge is 0.495 e. The standard InChI is InChI=1S/C22H26ClNO3/c1-22(2,3)14-8-6-13(7-9-14)15-10-16(15)21(25)24-18-11-17(23)19(26-4)12-20(18)27-5/h6-9,11-12,15-16H,10H2,1-5H3,(H,24,25)/t15-,16-/m0/s1. The minimum Gasteiger partial charge on any atom is -0.495 e. The maximum atomic E-state index is 12.7. The van der Waals surface area contributed by atoms with Crippen LogP contribution in [0.15, 0.2) is 36.4 Å². The van der Waals surface area contributed by atoms with Gasteiger partial charge in [-0.3, -0.25) is 4.79 Å². The topological polar surface area (TPSA) is 47.6 Å². The minimum atomic E-state index is -0.0314. The number of ether oxygens (including phenoxy) is 2. The molecule has 0 radical (unpaired) electrons. The number of rotatable bonds is 5. The van der Waals surface area contributed by atoms with E-state index in [1.807, 2.05) is 0 Å². The lowest BCUT2D eigenvalue weighted by molar-refractivity contribution is -0.117. The van der Waals surface area contributed by atoms with Crippen LogP contribution in [0, 0.1) is 5.92 Å². The molecule has 0 spiro atoms. The third kappa shape index (κ3) is 4.22. The van der Waals surface area contributed by atoms with E-state index in [1.54, 1.807) is 26.4 Å².